The Morgan fingerprint density at radius 1 is 1.36 bits per heavy atom. The lowest BCUT2D eigenvalue weighted by atomic mass is 10.2. The maximum absolute atomic E-state index is 5.87. The Labute approximate surface area is 74.4 Å². The molecule has 2 heteroatoms. The van der Waals surface area contributed by atoms with Crippen molar-refractivity contribution in [2.75, 3.05) is 0 Å². The third-order valence-electron chi connectivity index (χ3n) is 1.75. The molecule has 2 aromatic rings. The van der Waals surface area contributed by atoms with E-state index in [9.17, 15) is 0 Å². The fourth-order valence-corrected chi connectivity index (χ4v) is 2.40. The molecule has 0 N–H and O–H groups in total. The molecular weight excluding hydrogens is 176 g/mol. The summed E-state index contributed by atoms with van der Waals surface area (Å²) in [5, 5.41) is 1.28. The predicted molar refractivity (Wildman–Crippen MR) is 51.6 cm³/mol. The van der Waals surface area contributed by atoms with Crippen molar-refractivity contribution in [2.24, 2.45) is 0 Å². The van der Waals surface area contributed by atoms with Crippen molar-refractivity contribution in [3.8, 4) is 0 Å². The van der Waals surface area contributed by atoms with E-state index >= 15 is 0 Å². The van der Waals surface area contributed by atoms with E-state index in [1.165, 1.54) is 15.6 Å². The molecule has 0 aliphatic carbocycles. The van der Waals surface area contributed by atoms with Crippen LogP contribution in [-0.2, 0) is 0 Å². The summed E-state index contributed by atoms with van der Waals surface area (Å²) < 4.78 is 2.14. The van der Waals surface area contributed by atoms with Gasteiger partial charge < -0.3 is 0 Å². The van der Waals surface area contributed by atoms with Crippen LogP contribution in [-0.4, -0.2) is 0 Å². The summed E-state index contributed by atoms with van der Waals surface area (Å²) >= 11 is 7.51. The summed E-state index contributed by atoms with van der Waals surface area (Å²) in [6.45, 7) is 2.10. The van der Waals surface area contributed by atoms with Gasteiger partial charge in [0.25, 0.3) is 0 Å². The molecule has 56 valence electrons. The van der Waals surface area contributed by atoms with Gasteiger partial charge in [-0.25, -0.2) is 0 Å². The number of hydrogen-bond acceptors (Lipinski definition) is 1. The van der Waals surface area contributed by atoms with Gasteiger partial charge in [-0.2, -0.15) is 0 Å². The number of fused-ring (bicyclic) bond motifs is 1. The fraction of sp³-hybridized carbons (Fsp3) is 0.111. The standard InChI is InChI=1S/C9H7ClS/c1-6-3-2-4-8-7(6)5-9(10)11-8/h2-5H,1H3. The molecule has 0 aliphatic rings. The van der Waals surface area contributed by atoms with E-state index in [-0.39, 0.29) is 0 Å². The smallest absolute Gasteiger partial charge is 0.0940 e. The van der Waals surface area contributed by atoms with Gasteiger partial charge in [0, 0.05) is 4.70 Å². The molecule has 1 aromatic heterocycles. The molecule has 0 aliphatic heterocycles. The Hall–Kier alpha value is -0.530. The predicted octanol–water partition coefficient (Wildman–Crippen LogP) is 3.86. The molecule has 0 bridgehead atoms. The minimum absolute atomic E-state index is 0.870. The molecule has 0 amide bonds. The van der Waals surface area contributed by atoms with Crippen LogP contribution in [0.15, 0.2) is 24.3 Å². The first-order chi connectivity index (χ1) is 5.27. The van der Waals surface area contributed by atoms with Crippen LogP contribution < -0.4 is 0 Å². The van der Waals surface area contributed by atoms with Gasteiger partial charge in [0.2, 0.25) is 0 Å². The number of benzene rings is 1. The summed E-state index contributed by atoms with van der Waals surface area (Å²) in [6, 6.07) is 8.28. The van der Waals surface area contributed by atoms with Gasteiger partial charge in [-0.05, 0) is 30.0 Å². The van der Waals surface area contributed by atoms with Gasteiger partial charge in [0.1, 0.15) is 0 Å². The van der Waals surface area contributed by atoms with Crippen LogP contribution in [0.5, 0.6) is 0 Å². The topological polar surface area (TPSA) is 0 Å². The van der Waals surface area contributed by atoms with Crippen LogP contribution in [0, 0.1) is 6.92 Å². The largest absolute Gasteiger partial charge is 0.123 e. The van der Waals surface area contributed by atoms with Gasteiger partial charge in [-0.15, -0.1) is 11.3 Å². The highest BCUT2D eigenvalue weighted by atomic mass is 35.5. The van der Waals surface area contributed by atoms with E-state index in [0.717, 1.165) is 4.34 Å². The minimum atomic E-state index is 0.870. The van der Waals surface area contributed by atoms with E-state index in [4.69, 9.17) is 11.6 Å². The molecule has 0 fully saturated rings. The molecule has 0 saturated heterocycles. The zero-order valence-corrected chi connectivity index (χ0v) is 7.67. The van der Waals surface area contributed by atoms with Crippen molar-refractivity contribution in [3.63, 3.8) is 0 Å². The fourth-order valence-electron chi connectivity index (χ4n) is 1.18. The van der Waals surface area contributed by atoms with E-state index in [1.54, 1.807) is 11.3 Å². The van der Waals surface area contributed by atoms with Crippen LogP contribution in [0.4, 0.5) is 0 Å². The zero-order valence-electron chi connectivity index (χ0n) is 6.10. The lowest BCUT2D eigenvalue weighted by Crippen LogP contribution is -1.68. The Morgan fingerprint density at radius 3 is 2.91 bits per heavy atom. The van der Waals surface area contributed by atoms with Crippen molar-refractivity contribution in [2.45, 2.75) is 6.92 Å². The first kappa shape index (κ1) is 7.14. The molecule has 1 heterocycles. The Bertz CT molecular complexity index is 389. The number of rotatable bonds is 0. The highest BCUT2D eigenvalue weighted by Gasteiger charge is 1.99. The van der Waals surface area contributed by atoms with E-state index < -0.39 is 0 Å². The third kappa shape index (κ3) is 1.15. The molecule has 0 nitrogen and oxygen atoms in total. The second-order valence-corrected chi connectivity index (χ2v) is 4.25. The lowest BCUT2D eigenvalue weighted by molar-refractivity contribution is 1.55. The monoisotopic (exact) mass is 182 g/mol. The SMILES string of the molecule is Cc1cccc2sc(Cl)cc12. The van der Waals surface area contributed by atoms with Gasteiger partial charge in [0.05, 0.1) is 4.34 Å². The summed E-state index contributed by atoms with van der Waals surface area (Å²) in [7, 11) is 0. The molecule has 0 radical (unpaired) electrons. The number of halogens is 1. The van der Waals surface area contributed by atoms with Crippen molar-refractivity contribution < 1.29 is 0 Å². The van der Waals surface area contributed by atoms with E-state index in [0.29, 0.717) is 0 Å². The van der Waals surface area contributed by atoms with Gasteiger partial charge in [-0.1, -0.05) is 23.7 Å². The second kappa shape index (κ2) is 2.50. The molecule has 0 unspecified atom stereocenters. The highest BCUT2D eigenvalue weighted by molar-refractivity contribution is 7.22. The van der Waals surface area contributed by atoms with Crippen LogP contribution in [0.2, 0.25) is 4.34 Å². The van der Waals surface area contributed by atoms with Crippen molar-refractivity contribution in [3.05, 3.63) is 34.2 Å². The van der Waals surface area contributed by atoms with Crippen molar-refractivity contribution in [1.82, 2.24) is 0 Å². The Morgan fingerprint density at radius 2 is 2.18 bits per heavy atom. The first-order valence-electron chi connectivity index (χ1n) is 3.42. The number of hydrogen-bond donors (Lipinski definition) is 0. The normalized spacial score (nSPS) is 10.7. The van der Waals surface area contributed by atoms with E-state index in [1.807, 2.05) is 6.07 Å². The molecular formula is C9H7ClS. The van der Waals surface area contributed by atoms with Crippen LogP contribution in [0.3, 0.4) is 0 Å². The number of aryl methyl sites for hydroxylation is 1. The van der Waals surface area contributed by atoms with Gasteiger partial charge >= 0.3 is 0 Å². The van der Waals surface area contributed by atoms with Crippen molar-refractivity contribution in [1.29, 1.82) is 0 Å². The molecule has 0 saturated carbocycles. The Balaban J connectivity index is 2.90. The van der Waals surface area contributed by atoms with Crippen LogP contribution in [0.25, 0.3) is 10.1 Å². The average Bonchev–Trinajstić information content (AvgIpc) is 2.31. The molecule has 2 rings (SSSR count). The zero-order chi connectivity index (χ0) is 7.84. The maximum atomic E-state index is 5.87. The first-order valence-corrected chi connectivity index (χ1v) is 4.61. The van der Waals surface area contributed by atoms with Gasteiger partial charge in [-0.3, -0.25) is 0 Å². The number of thiophene rings is 1. The summed E-state index contributed by atoms with van der Waals surface area (Å²) in [5.74, 6) is 0. The molecule has 1 aromatic carbocycles. The lowest BCUT2D eigenvalue weighted by Gasteiger charge is -1.91. The van der Waals surface area contributed by atoms with Crippen LogP contribution in [0.1, 0.15) is 5.56 Å². The maximum Gasteiger partial charge on any atom is 0.0940 e. The van der Waals surface area contributed by atoms with E-state index in [2.05, 4.69) is 25.1 Å². The summed E-state index contributed by atoms with van der Waals surface area (Å²) in [4.78, 5) is 0. The Kier molecular flexibility index (Phi) is 1.63. The molecule has 0 spiro atoms. The van der Waals surface area contributed by atoms with Gasteiger partial charge in [0.15, 0.2) is 0 Å². The summed E-state index contributed by atoms with van der Waals surface area (Å²) in [5.41, 5.74) is 1.30. The minimum Gasteiger partial charge on any atom is -0.123 e. The van der Waals surface area contributed by atoms with Crippen molar-refractivity contribution >= 4 is 33.0 Å². The third-order valence-corrected chi connectivity index (χ3v) is 2.98. The second-order valence-electron chi connectivity index (χ2n) is 2.54. The molecule has 0 atom stereocenters. The summed E-state index contributed by atoms with van der Waals surface area (Å²) in [6.07, 6.45) is 0. The quantitative estimate of drug-likeness (QED) is 0.581. The van der Waals surface area contributed by atoms with Crippen LogP contribution >= 0.6 is 22.9 Å². The average molecular weight is 183 g/mol. The molecule has 11 heavy (non-hydrogen) atoms. The highest BCUT2D eigenvalue weighted by Crippen LogP contribution is 2.30.